The Labute approximate surface area is 133 Å². The number of halogens is 1. The molecule has 2 rings (SSSR count). The molecular weight excluding hydrogens is 330 g/mol. The molecule has 2 aromatic rings. The molecule has 0 aliphatic carbocycles. The molecule has 1 aromatic heterocycles. The van der Waals surface area contributed by atoms with Gasteiger partial charge in [0.25, 0.3) is 0 Å². The molecule has 0 spiro atoms. The summed E-state index contributed by atoms with van der Waals surface area (Å²) in [5, 5.41) is 13.0. The quantitative estimate of drug-likeness (QED) is 0.787. The van der Waals surface area contributed by atoms with Crippen LogP contribution < -0.4 is 0 Å². The monoisotopic (exact) mass is 347 g/mol. The van der Waals surface area contributed by atoms with Crippen molar-refractivity contribution < 1.29 is 4.52 Å². The van der Waals surface area contributed by atoms with E-state index in [9.17, 15) is 0 Å². The summed E-state index contributed by atoms with van der Waals surface area (Å²) in [6.45, 7) is 6.18. The highest BCUT2D eigenvalue weighted by Crippen LogP contribution is 2.31. The van der Waals surface area contributed by atoms with Gasteiger partial charge >= 0.3 is 0 Å². The van der Waals surface area contributed by atoms with Crippen LogP contribution in [-0.2, 0) is 6.42 Å². The Morgan fingerprint density at radius 2 is 2.19 bits per heavy atom. The first-order chi connectivity index (χ1) is 9.97. The number of benzene rings is 1. The van der Waals surface area contributed by atoms with Gasteiger partial charge in [0.1, 0.15) is 0 Å². The number of nitriles is 1. The van der Waals surface area contributed by atoms with Crippen LogP contribution in [-0.4, -0.2) is 10.1 Å². The van der Waals surface area contributed by atoms with Crippen molar-refractivity contribution in [3.05, 3.63) is 34.1 Å². The van der Waals surface area contributed by atoms with Crippen molar-refractivity contribution in [3.8, 4) is 17.5 Å². The zero-order chi connectivity index (χ0) is 15.5. The van der Waals surface area contributed by atoms with Crippen LogP contribution in [0, 0.1) is 23.7 Å². The summed E-state index contributed by atoms with van der Waals surface area (Å²) in [4.78, 5) is 4.47. The molecule has 0 saturated heterocycles. The number of aromatic nitrogens is 2. The van der Waals surface area contributed by atoms with Crippen molar-refractivity contribution in [2.75, 3.05) is 0 Å². The van der Waals surface area contributed by atoms with Crippen LogP contribution >= 0.6 is 15.9 Å². The van der Waals surface area contributed by atoms with Crippen molar-refractivity contribution >= 4 is 15.9 Å². The van der Waals surface area contributed by atoms with Crippen LogP contribution in [0.5, 0.6) is 0 Å². The van der Waals surface area contributed by atoms with Crippen molar-refractivity contribution in [2.45, 2.75) is 40.0 Å². The zero-order valence-corrected chi connectivity index (χ0v) is 14.1. The van der Waals surface area contributed by atoms with E-state index >= 15 is 0 Å². The molecule has 0 saturated carbocycles. The molecule has 0 amide bonds. The molecule has 21 heavy (non-hydrogen) atoms. The summed E-state index contributed by atoms with van der Waals surface area (Å²) in [6, 6.07) is 8.25. The number of hydrogen-bond donors (Lipinski definition) is 0. The van der Waals surface area contributed by atoms with Gasteiger partial charge in [0, 0.05) is 22.9 Å². The molecule has 0 radical (unpaired) electrons. The summed E-state index contributed by atoms with van der Waals surface area (Å²) in [6.07, 6.45) is 2.00. The highest BCUT2D eigenvalue weighted by Gasteiger charge is 2.26. The van der Waals surface area contributed by atoms with Crippen LogP contribution in [0.4, 0.5) is 0 Å². The zero-order valence-electron chi connectivity index (χ0n) is 12.5. The lowest BCUT2D eigenvalue weighted by Crippen LogP contribution is -2.18. The van der Waals surface area contributed by atoms with Crippen LogP contribution in [0.2, 0.25) is 0 Å². The Morgan fingerprint density at radius 3 is 2.81 bits per heavy atom. The fraction of sp³-hybridized carbons (Fsp3) is 0.438. The largest absolute Gasteiger partial charge is 0.339 e. The minimum absolute atomic E-state index is 0.122. The van der Waals surface area contributed by atoms with Gasteiger partial charge in [0.05, 0.1) is 6.07 Å². The van der Waals surface area contributed by atoms with E-state index in [0.29, 0.717) is 24.6 Å². The van der Waals surface area contributed by atoms with E-state index in [1.807, 2.05) is 25.1 Å². The summed E-state index contributed by atoms with van der Waals surface area (Å²) in [5.41, 5.74) is 1.96. The molecule has 0 aliphatic rings. The SMILES string of the molecule is CCC(C)(CC#N)Cc1nc(-c2ccc(C)cc2Br)no1. The first kappa shape index (κ1) is 15.7. The minimum Gasteiger partial charge on any atom is -0.339 e. The lowest BCUT2D eigenvalue weighted by atomic mass is 9.81. The molecule has 5 heteroatoms. The molecule has 0 aliphatic heterocycles. The van der Waals surface area contributed by atoms with E-state index in [1.165, 1.54) is 5.56 Å². The smallest absolute Gasteiger partial charge is 0.227 e. The second kappa shape index (κ2) is 6.40. The summed E-state index contributed by atoms with van der Waals surface area (Å²) < 4.78 is 6.31. The van der Waals surface area contributed by atoms with Gasteiger partial charge in [-0.25, -0.2) is 0 Å². The van der Waals surface area contributed by atoms with E-state index in [0.717, 1.165) is 16.5 Å². The van der Waals surface area contributed by atoms with Crippen LogP contribution in [0.15, 0.2) is 27.2 Å². The molecule has 1 unspecified atom stereocenters. The average Bonchev–Trinajstić information content (AvgIpc) is 2.87. The number of aryl methyl sites for hydroxylation is 1. The van der Waals surface area contributed by atoms with Crippen molar-refractivity contribution in [2.24, 2.45) is 5.41 Å². The van der Waals surface area contributed by atoms with Gasteiger partial charge in [0.15, 0.2) is 0 Å². The molecule has 1 aromatic carbocycles. The Bertz CT molecular complexity index is 674. The Kier molecular flexibility index (Phi) is 4.79. The van der Waals surface area contributed by atoms with Gasteiger partial charge in [-0.2, -0.15) is 10.2 Å². The first-order valence-electron chi connectivity index (χ1n) is 6.93. The maximum atomic E-state index is 8.93. The lowest BCUT2D eigenvalue weighted by molar-refractivity contribution is 0.266. The van der Waals surface area contributed by atoms with Gasteiger partial charge in [-0.3, -0.25) is 0 Å². The molecule has 1 atom stereocenters. The topological polar surface area (TPSA) is 62.7 Å². The number of rotatable bonds is 5. The Morgan fingerprint density at radius 1 is 1.43 bits per heavy atom. The standard InChI is InChI=1S/C16H18BrN3O/c1-4-16(3,7-8-18)10-14-19-15(20-21-14)12-6-5-11(2)9-13(12)17/h5-6,9H,4,7,10H2,1-3H3. The fourth-order valence-electron chi connectivity index (χ4n) is 2.11. The van der Waals surface area contributed by atoms with E-state index in [1.54, 1.807) is 0 Å². The fourth-order valence-corrected chi connectivity index (χ4v) is 2.78. The minimum atomic E-state index is -0.122. The van der Waals surface area contributed by atoms with Gasteiger partial charge < -0.3 is 4.52 Å². The molecule has 4 nitrogen and oxygen atoms in total. The van der Waals surface area contributed by atoms with E-state index in [-0.39, 0.29) is 5.41 Å². The van der Waals surface area contributed by atoms with Crippen molar-refractivity contribution in [3.63, 3.8) is 0 Å². The predicted octanol–water partition coefficient (Wildman–Crippen LogP) is 4.68. The van der Waals surface area contributed by atoms with Crippen molar-refractivity contribution in [1.82, 2.24) is 10.1 Å². The second-order valence-electron chi connectivity index (χ2n) is 5.67. The molecule has 0 N–H and O–H groups in total. The molecular formula is C16H18BrN3O. The van der Waals surface area contributed by atoms with Gasteiger partial charge in [-0.1, -0.05) is 41.0 Å². The lowest BCUT2D eigenvalue weighted by Gasteiger charge is -2.22. The second-order valence-corrected chi connectivity index (χ2v) is 6.53. The summed E-state index contributed by atoms with van der Waals surface area (Å²) in [7, 11) is 0. The normalized spacial score (nSPS) is 13.7. The van der Waals surface area contributed by atoms with Crippen LogP contribution in [0.1, 0.15) is 38.1 Å². The third-order valence-electron chi connectivity index (χ3n) is 3.77. The highest BCUT2D eigenvalue weighted by atomic mass is 79.9. The Hall–Kier alpha value is -1.67. The van der Waals surface area contributed by atoms with E-state index in [2.05, 4.69) is 46.0 Å². The van der Waals surface area contributed by atoms with Gasteiger partial charge in [-0.05, 0) is 36.5 Å². The maximum Gasteiger partial charge on any atom is 0.227 e. The number of hydrogen-bond acceptors (Lipinski definition) is 4. The highest BCUT2D eigenvalue weighted by molar-refractivity contribution is 9.10. The van der Waals surface area contributed by atoms with Crippen LogP contribution in [0.25, 0.3) is 11.4 Å². The van der Waals surface area contributed by atoms with Crippen LogP contribution in [0.3, 0.4) is 0 Å². The maximum absolute atomic E-state index is 8.93. The molecule has 110 valence electrons. The first-order valence-corrected chi connectivity index (χ1v) is 7.73. The summed E-state index contributed by atoms with van der Waals surface area (Å²) >= 11 is 3.53. The number of nitrogens with zero attached hydrogens (tertiary/aromatic N) is 3. The predicted molar refractivity (Wildman–Crippen MR) is 84.5 cm³/mol. The molecule has 0 fully saturated rings. The van der Waals surface area contributed by atoms with E-state index in [4.69, 9.17) is 9.78 Å². The van der Waals surface area contributed by atoms with Crippen molar-refractivity contribution in [1.29, 1.82) is 5.26 Å². The van der Waals surface area contributed by atoms with E-state index < -0.39 is 0 Å². The van der Waals surface area contributed by atoms with Gasteiger partial charge in [0.2, 0.25) is 11.7 Å². The average molecular weight is 348 g/mol. The summed E-state index contributed by atoms with van der Waals surface area (Å²) in [5.74, 6) is 1.16. The Balaban J connectivity index is 2.24. The molecule has 0 bridgehead atoms. The third kappa shape index (κ3) is 3.70. The third-order valence-corrected chi connectivity index (χ3v) is 4.43. The molecule has 1 heterocycles. The van der Waals surface area contributed by atoms with Gasteiger partial charge in [-0.15, -0.1) is 0 Å².